The minimum Gasteiger partial charge on any atom is -0.364 e. The molecule has 5 heteroatoms. The van der Waals surface area contributed by atoms with E-state index in [0.29, 0.717) is 16.8 Å². The lowest BCUT2D eigenvalue weighted by atomic mass is 10.1. The summed E-state index contributed by atoms with van der Waals surface area (Å²) in [5, 5.41) is 6.80. The Balaban J connectivity index is 2.90. The van der Waals surface area contributed by atoms with Gasteiger partial charge in [-0.05, 0) is 27.7 Å². The van der Waals surface area contributed by atoms with E-state index in [0.717, 1.165) is 6.54 Å². The van der Waals surface area contributed by atoms with Gasteiger partial charge >= 0.3 is 0 Å². The molecule has 4 nitrogen and oxygen atoms in total. The predicted molar refractivity (Wildman–Crippen MR) is 64.6 cm³/mol. The van der Waals surface area contributed by atoms with E-state index in [-0.39, 0.29) is 5.54 Å². The highest BCUT2D eigenvalue weighted by atomic mass is 35.5. The second kappa shape index (κ2) is 4.66. The van der Waals surface area contributed by atoms with Gasteiger partial charge in [0.1, 0.15) is 5.02 Å². The molecule has 1 aromatic heterocycles. The van der Waals surface area contributed by atoms with Gasteiger partial charge in [-0.25, -0.2) is 4.98 Å². The fourth-order valence-electron chi connectivity index (χ4n) is 1.05. The topological polar surface area (TPSA) is 49.8 Å². The minimum atomic E-state index is -0.0680. The molecule has 0 saturated carbocycles. The smallest absolute Gasteiger partial charge is 0.224 e. The molecule has 0 spiro atoms. The van der Waals surface area contributed by atoms with E-state index in [2.05, 4.69) is 41.4 Å². The molecule has 1 rings (SSSR count). The zero-order valence-electron chi connectivity index (χ0n) is 9.56. The fourth-order valence-corrected chi connectivity index (χ4v) is 1.19. The van der Waals surface area contributed by atoms with Crippen LogP contribution in [0.3, 0.4) is 0 Å². The Morgan fingerprint density at radius 2 is 2.07 bits per heavy atom. The van der Waals surface area contributed by atoms with E-state index in [4.69, 9.17) is 11.6 Å². The van der Waals surface area contributed by atoms with Crippen LogP contribution in [0.15, 0.2) is 6.20 Å². The summed E-state index contributed by atoms with van der Waals surface area (Å²) in [4.78, 5) is 8.35. The molecule has 15 heavy (non-hydrogen) atoms. The number of halogens is 1. The maximum absolute atomic E-state index is 5.99. The first kappa shape index (κ1) is 12.0. The maximum Gasteiger partial charge on any atom is 0.224 e. The minimum absolute atomic E-state index is 0.0680. The summed E-state index contributed by atoms with van der Waals surface area (Å²) in [6, 6.07) is 0. The molecule has 1 aromatic rings. The Morgan fingerprint density at radius 3 is 2.60 bits per heavy atom. The summed E-state index contributed by atoms with van der Waals surface area (Å²) in [7, 11) is 0. The van der Waals surface area contributed by atoms with Crippen molar-refractivity contribution < 1.29 is 0 Å². The van der Waals surface area contributed by atoms with Gasteiger partial charge in [-0.1, -0.05) is 11.6 Å². The highest BCUT2D eigenvalue weighted by Crippen LogP contribution is 2.22. The number of nitrogens with one attached hydrogen (secondary N) is 2. The van der Waals surface area contributed by atoms with Crippen molar-refractivity contribution in [1.29, 1.82) is 0 Å². The first-order valence-electron chi connectivity index (χ1n) is 4.97. The van der Waals surface area contributed by atoms with Gasteiger partial charge in [0.25, 0.3) is 0 Å². The zero-order chi connectivity index (χ0) is 11.5. The van der Waals surface area contributed by atoms with Gasteiger partial charge in [-0.2, -0.15) is 4.98 Å². The Morgan fingerprint density at radius 1 is 1.40 bits per heavy atom. The third-order valence-electron chi connectivity index (χ3n) is 1.57. The highest BCUT2D eigenvalue weighted by Gasteiger charge is 2.13. The molecule has 0 amide bonds. The number of nitrogens with zero attached hydrogens (tertiary/aromatic N) is 2. The van der Waals surface area contributed by atoms with Crippen LogP contribution in [-0.4, -0.2) is 22.1 Å². The number of rotatable bonds is 3. The second-order valence-corrected chi connectivity index (χ2v) is 4.70. The molecule has 0 aliphatic rings. The lowest BCUT2D eigenvalue weighted by molar-refractivity contribution is 0.630. The summed E-state index contributed by atoms with van der Waals surface area (Å²) < 4.78 is 0. The van der Waals surface area contributed by atoms with E-state index in [1.165, 1.54) is 0 Å². The summed E-state index contributed by atoms with van der Waals surface area (Å²) in [5.41, 5.74) is -0.0680. The fraction of sp³-hybridized carbons (Fsp3) is 0.600. The summed E-state index contributed by atoms with van der Waals surface area (Å²) in [5.74, 6) is 1.25. The van der Waals surface area contributed by atoms with Gasteiger partial charge in [0.05, 0.1) is 6.20 Å². The molecule has 0 bridgehead atoms. The standard InChI is InChI=1S/C10H17ClN4/c1-5-12-9-13-6-7(11)8(14-9)15-10(2,3)4/h6H,5H2,1-4H3,(H2,12,13,14,15). The van der Waals surface area contributed by atoms with E-state index < -0.39 is 0 Å². The van der Waals surface area contributed by atoms with Crippen LogP contribution in [-0.2, 0) is 0 Å². The molecule has 0 fully saturated rings. The van der Waals surface area contributed by atoms with Crippen LogP contribution in [0.2, 0.25) is 5.02 Å². The van der Waals surface area contributed by atoms with Crippen LogP contribution < -0.4 is 10.6 Å². The van der Waals surface area contributed by atoms with Gasteiger partial charge < -0.3 is 10.6 Å². The third kappa shape index (κ3) is 3.91. The summed E-state index contributed by atoms with van der Waals surface area (Å²) >= 11 is 5.99. The first-order chi connectivity index (χ1) is 6.92. The van der Waals surface area contributed by atoms with Crippen LogP contribution >= 0.6 is 11.6 Å². The number of aromatic nitrogens is 2. The molecule has 0 aromatic carbocycles. The summed E-state index contributed by atoms with van der Waals surface area (Å²) in [6.45, 7) is 8.94. The van der Waals surface area contributed by atoms with Crippen molar-refractivity contribution in [3.63, 3.8) is 0 Å². The third-order valence-corrected chi connectivity index (χ3v) is 1.85. The Kier molecular flexibility index (Phi) is 3.74. The van der Waals surface area contributed by atoms with Crippen molar-refractivity contribution >= 4 is 23.4 Å². The molecule has 1 heterocycles. The number of hydrogen-bond donors (Lipinski definition) is 2. The van der Waals surface area contributed by atoms with Gasteiger partial charge in [0, 0.05) is 12.1 Å². The van der Waals surface area contributed by atoms with Crippen molar-refractivity contribution in [2.75, 3.05) is 17.2 Å². The monoisotopic (exact) mass is 228 g/mol. The van der Waals surface area contributed by atoms with Gasteiger partial charge in [0.2, 0.25) is 5.95 Å². The van der Waals surface area contributed by atoms with Crippen LogP contribution in [0.5, 0.6) is 0 Å². The molecule has 84 valence electrons. The molecule has 0 saturated heterocycles. The number of anilines is 2. The molecular weight excluding hydrogens is 212 g/mol. The Labute approximate surface area is 95.5 Å². The van der Waals surface area contributed by atoms with Crippen LogP contribution in [0.25, 0.3) is 0 Å². The van der Waals surface area contributed by atoms with Crippen LogP contribution in [0.1, 0.15) is 27.7 Å². The SMILES string of the molecule is CCNc1ncc(Cl)c(NC(C)(C)C)n1. The molecular formula is C10H17ClN4. The average molecular weight is 229 g/mol. The molecule has 0 radical (unpaired) electrons. The van der Waals surface area contributed by atoms with Crippen molar-refractivity contribution in [2.24, 2.45) is 0 Å². The van der Waals surface area contributed by atoms with Crippen LogP contribution in [0, 0.1) is 0 Å². The normalized spacial score (nSPS) is 11.3. The van der Waals surface area contributed by atoms with Crippen molar-refractivity contribution in [2.45, 2.75) is 33.2 Å². The second-order valence-electron chi connectivity index (χ2n) is 4.30. The molecule has 0 unspecified atom stereocenters. The van der Waals surface area contributed by atoms with Crippen molar-refractivity contribution in [3.05, 3.63) is 11.2 Å². The summed E-state index contributed by atoms with van der Waals surface area (Å²) in [6.07, 6.45) is 1.60. The predicted octanol–water partition coefficient (Wildman–Crippen LogP) is 2.77. The van der Waals surface area contributed by atoms with Crippen LogP contribution in [0.4, 0.5) is 11.8 Å². The molecule has 0 aliphatic heterocycles. The van der Waals surface area contributed by atoms with Crippen molar-refractivity contribution in [1.82, 2.24) is 9.97 Å². The Bertz CT molecular complexity index is 333. The first-order valence-corrected chi connectivity index (χ1v) is 5.35. The quantitative estimate of drug-likeness (QED) is 0.836. The molecule has 0 aliphatic carbocycles. The highest BCUT2D eigenvalue weighted by molar-refractivity contribution is 6.32. The molecule has 2 N–H and O–H groups in total. The average Bonchev–Trinajstić information content (AvgIpc) is 2.09. The van der Waals surface area contributed by atoms with E-state index >= 15 is 0 Å². The number of hydrogen-bond acceptors (Lipinski definition) is 4. The van der Waals surface area contributed by atoms with Gasteiger partial charge in [-0.15, -0.1) is 0 Å². The van der Waals surface area contributed by atoms with E-state index in [9.17, 15) is 0 Å². The zero-order valence-corrected chi connectivity index (χ0v) is 10.3. The van der Waals surface area contributed by atoms with E-state index in [1.54, 1.807) is 6.20 Å². The largest absolute Gasteiger partial charge is 0.364 e. The lowest BCUT2D eigenvalue weighted by Crippen LogP contribution is -2.27. The van der Waals surface area contributed by atoms with Gasteiger partial charge in [-0.3, -0.25) is 0 Å². The van der Waals surface area contributed by atoms with E-state index in [1.807, 2.05) is 6.92 Å². The molecule has 0 atom stereocenters. The van der Waals surface area contributed by atoms with Gasteiger partial charge in [0.15, 0.2) is 5.82 Å². The lowest BCUT2D eigenvalue weighted by Gasteiger charge is -2.22. The van der Waals surface area contributed by atoms with Crippen molar-refractivity contribution in [3.8, 4) is 0 Å². The maximum atomic E-state index is 5.99. The Hall–Kier alpha value is -1.03.